The average molecular weight is 313 g/mol. The third-order valence-electron chi connectivity index (χ3n) is 3.07. The molecule has 1 amide bonds. The summed E-state index contributed by atoms with van der Waals surface area (Å²) < 4.78 is 39.7. The largest absolute Gasteiger partial charge is 0.435 e. The number of aromatic nitrogens is 2. The maximum atomic E-state index is 12.9. The summed E-state index contributed by atoms with van der Waals surface area (Å²) in [5, 5.41) is 12.4. The first-order valence-corrected chi connectivity index (χ1v) is 6.44. The van der Waals surface area contributed by atoms with Crippen LogP contribution in [-0.4, -0.2) is 27.4 Å². The third kappa shape index (κ3) is 3.64. The summed E-state index contributed by atoms with van der Waals surface area (Å²) in [7, 11) is 0. The van der Waals surface area contributed by atoms with Gasteiger partial charge in [0.2, 0.25) is 5.91 Å². The van der Waals surface area contributed by atoms with Gasteiger partial charge < -0.3 is 10.8 Å². The molecule has 8 heteroatoms. The van der Waals surface area contributed by atoms with Crippen molar-refractivity contribution in [2.75, 3.05) is 6.61 Å². The van der Waals surface area contributed by atoms with E-state index in [-0.39, 0.29) is 25.1 Å². The number of benzene rings is 1. The highest BCUT2D eigenvalue weighted by Gasteiger charge is 2.36. The lowest BCUT2D eigenvalue weighted by molar-refractivity contribution is -0.142. The van der Waals surface area contributed by atoms with E-state index >= 15 is 0 Å². The third-order valence-corrected chi connectivity index (χ3v) is 3.07. The van der Waals surface area contributed by atoms with Crippen LogP contribution in [-0.2, 0) is 19.1 Å². The molecule has 0 aliphatic heterocycles. The van der Waals surface area contributed by atoms with Gasteiger partial charge >= 0.3 is 6.18 Å². The van der Waals surface area contributed by atoms with Crippen LogP contribution in [0.2, 0.25) is 0 Å². The van der Waals surface area contributed by atoms with Crippen LogP contribution in [0.25, 0.3) is 0 Å². The Morgan fingerprint density at radius 3 is 2.41 bits per heavy atom. The van der Waals surface area contributed by atoms with Crippen molar-refractivity contribution in [1.82, 2.24) is 9.78 Å². The highest BCUT2D eigenvalue weighted by Crippen LogP contribution is 2.31. The van der Waals surface area contributed by atoms with Crippen molar-refractivity contribution in [1.29, 1.82) is 0 Å². The summed E-state index contributed by atoms with van der Waals surface area (Å²) in [5.41, 5.74) is 5.07. The molecule has 3 N–H and O–H groups in total. The van der Waals surface area contributed by atoms with Crippen molar-refractivity contribution < 1.29 is 23.1 Å². The van der Waals surface area contributed by atoms with E-state index in [0.29, 0.717) is 11.1 Å². The molecule has 2 aromatic rings. The predicted octanol–water partition coefficient (Wildman–Crippen LogP) is 1.58. The van der Waals surface area contributed by atoms with Gasteiger partial charge in [0.15, 0.2) is 5.69 Å². The molecule has 2 rings (SSSR count). The Morgan fingerprint density at radius 1 is 1.27 bits per heavy atom. The minimum absolute atomic E-state index is 0.0521. The molecule has 118 valence electrons. The van der Waals surface area contributed by atoms with E-state index < -0.39 is 17.8 Å². The second-order valence-corrected chi connectivity index (χ2v) is 4.73. The Balaban J connectivity index is 2.24. The maximum absolute atomic E-state index is 12.9. The van der Waals surface area contributed by atoms with Gasteiger partial charge in [0.05, 0.1) is 6.54 Å². The number of primary amides is 1. The number of hydrogen-bond donors (Lipinski definition) is 2. The number of aliphatic hydroxyl groups excluding tert-OH is 1. The number of carbonyl (C=O) groups excluding carboxylic acids is 1. The van der Waals surface area contributed by atoms with Crippen LogP contribution in [0.3, 0.4) is 0 Å². The molecule has 1 heterocycles. The number of hydrogen-bond acceptors (Lipinski definition) is 3. The molecule has 0 aliphatic rings. The molecule has 1 aromatic heterocycles. The number of halogens is 3. The van der Waals surface area contributed by atoms with Gasteiger partial charge in [-0.3, -0.25) is 9.48 Å². The van der Waals surface area contributed by atoms with Gasteiger partial charge in [0.25, 0.3) is 0 Å². The van der Waals surface area contributed by atoms with E-state index in [0.717, 1.165) is 4.68 Å². The highest BCUT2D eigenvalue weighted by atomic mass is 19.4. The second kappa shape index (κ2) is 6.18. The van der Waals surface area contributed by atoms with Gasteiger partial charge in [0.1, 0.15) is 0 Å². The van der Waals surface area contributed by atoms with Crippen molar-refractivity contribution >= 4 is 5.91 Å². The Labute approximate surface area is 124 Å². The van der Waals surface area contributed by atoms with Crippen LogP contribution in [0.15, 0.2) is 30.5 Å². The molecule has 0 radical (unpaired) electrons. The first-order valence-electron chi connectivity index (χ1n) is 6.44. The summed E-state index contributed by atoms with van der Waals surface area (Å²) in [6, 6.07) is 6.20. The SMILES string of the molecule is NC(=O)c1ccc(Cn2cc(CCO)c(C(F)(F)F)n2)cc1. The average Bonchev–Trinajstić information content (AvgIpc) is 2.82. The number of nitrogens with zero attached hydrogens (tertiary/aromatic N) is 2. The summed E-state index contributed by atoms with van der Waals surface area (Å²) in [5.74, 6) is -0.574. The first-order chi connectivity index (χ1) is 10.3. The fraction of sp³-hybridized carbons (Fsp3) is 0.286. The van der Waals surface area contributed by atoms with Crippen LogP contribution < -0.4 is 5.73 Å². The van der Waals surface area contributed by atoms with Crippen molar-refractivity contribution in [2.24, 2.45) is 5.73 Å². The highest BCUT2D eigenvalue weighted by molar-refractivity contribution is 5.92. The van der Waals surface area contributed by atoms with Gasteiger partial charge in [-0.05, 0) is 24.1 Å². The van der Waals surface area contributed by atoms with Gasteiger partial charge in [-0.1, -0.05) is 12.1 Å². The van der Waals surface area contributed by atoms with E-state index in [1.165, 1.54) is 18.3 Å². The monoisotopic (exact) mass is 313 g/mol. The first kappa shape index (κ1) is 16.0. The Bertz CT molecular complexity index is 663. The molecule has 0 bridgehead atoms. The van der Waals surface area contributed by atoms with E-state index in [1.807, 2.05) is 0 Å². The van der Waals surface area contributed by atoms with E-state index in [1.54, 1.807) is 12.1 Å². The topological polar surface area (TPSA) is 81.1 Å². The number of alkyl halides is 3. The van der Waals surface area contributed by atoms with Gasteiger partial charge in [-0.25, -0.2) is 0 Å². The number of amides is 1. The lowest BCUT2D eigenvalue weighted by atomic mass is 10.1. The van der Waals surface area contributed by atoms with Crippen LogP contribution in [0.4, 0.5) is 13.2 Å². The number of rotatable bonds is 5. The molecule has 0 unspecified atom stereocenters. The van der Waals surface area contributed by atoms with Crippen LogP contribution in [0.1, 0.15) is 27.2 Å². The van der Waals surface area contributed by atoms with Crippen molar-refractivity contribution in [3.8, 4) is 0 Å². The smallest absolute Gasteiger partial charge is 0.396 e. The lowest BCUT2D eigenvalue weighted by Gasteiger charge is -2.05. The van der Waals surface area contributed by atoms with Crippen LogP contribution in [0.5, 0.6) is 0 Å². The molecule has 0 saturated carbocycles. The lowest BCUT2D eigenvalue weighted by Crippen LogP contribution is -2.11. The fourth-order valence-electron chi connectivity index (χ4n) is 2.05. The van der Waals surface area contributed by atoms with Crippen molar-refractivity contribution in [3.05, 3.63) is 52.8 Å². The quantitative estimate of drug-likeness (QED) is 0.879. The fourth-order valence-corrected chi connectivity index (χ4v) is 2.05. The molecule has 22 heavy (non-hydrogen) atoms. The molecule has 0 saturated heterocycles. The molecule has 0 aliphatic carbocycles. The molecule has 0 fully saturated rings. The van der Waals surface area contributed by atoms with Crippen LogP contribution in [0, 0.1) is 0 Å². The van der Waals surface area contributed by atoms with Gasteiger partial charge in [-0.2, -0.15) is 18.3 Å². The van der Waals surface area contributed by atoms with Gasteiger partial charge in [-0.15, -0.1) is 0 Å². The number of nitrogens with two attached hydrogens (primary N) is 1. The van der Waals surface area contributed by atoms with Crippen molar-refractivity contribution in [2.45, 2.75) is 19.1 Å². The summed E-state index contributed by atoms with van der Waals surface area (Å²) in [6.45, 7) is -0.268. The molecule has 5 nitrogen and oxygen atoms in total. The standard InChI is InChI=1S/C14H14F3N3O2/c15-14(16,17)12-11(5-6-21)8-20(19-12)7-9-1-3-10(4-2-9)13(18)22/h1-4,8,21H,5-7H2,(H2,18,22). The Morgan fingerprint density at radius 2 is 1.91 bits per heavy atom. The second-order valence-electron chi connectivity index (χ2n) is 4.73. The maximum Gasteiger partial charge on any atom is 0.435 e. The Hall–Kier alpha value is -2.35. The summed E-state index contributed by atoms with van der Waals surface area (Å²) in [4.78, 5) is 11.0. The Kier molecular flexibility index (Phi) is 4.51. The summed E-state index contributed by atoms with van der Waals surface area (Å²) >= 11 is 0. The van der Waals surface area contributed by atoms with Gasteiger partial charge in [0, 0.05) is 23.9 Å². The molecule has 1 aromatic carbocycles. The predicted molar refractivity (Wildman–Crippen MR) is 72.1 cm³/mol. The minimum Gasteiger partial charge on any atom is -0.396 e. The zero-order valence-electron chi connectivity index (χ0n) is 11.5. The van der Waals surface area contributed by atoms with E-state index in [9.17, 15) is 18.0 Å². The normalized spacial score (nSPS) is 11.6. The van der Waals surface area contributed by atoms with E-state index in [4.69, 9.17) is 10.8 Å². The zero-order valence-corrected chi connectivity index (χ0v) is 11.5. The zero-order chi connectivity index (χ0) is 16.3. The molecule has 0 atom stereocenters. The van der Waals surface area contributed by atoms with Crippen molar-refractivity contribution in [3.63, 3.8) is 0 Å². The van der Waals surface area contributed by atoms with Crippen LogP contribution >= 0.6 is 0 Å². The molecular formula is C14H14F3N3O2. The summed E-state index contributed by atoms with van der Waals surface area (Å²) in [6.07, 6.45) is -3.41. The molecule has 0 spiro atoms. The minimum atomic E-state index is -4.56. The number of aliphatic hydroxyl groups is 1. The molecular weight excluding hydrogens is 299 g/mol. The van der Waals surface area contributed by atoms with E-state index in [2.05, 4.69) is 5.10 Å². The number of carbonyl (C=O) groups is 1.